The van der Waals surface area contributed by atoms with E-state index in [9.17, 15) is 4.79 Å². The van der Waals surface area contributed by atoms with Crippen LogP contribution in [0.3, 0.4) is 0 Å². The second-order valence-corrected chi connectivity index (χ2v) is 3.06. The Morgan fingerprint density at radius 1 is 1.62 bits per heavy atom. The van der Waals surface area contributed by atoms with Crippen LogP contribution in [0.4, 0.5) is 0 Å². The number of hydrogen-bond acceptors (Lipinski definition) is 3. The SMILES string of the molecule is CCCCC(=O)NC(CN)COC. The van der Waals surface area contributed by atoms with E-state index in [0.717, 1.165) is 12.8 Å². The normalized spacial score (nSPS) is 12.5. The van der Waals surface area contributed by atoms with Crippen LogP contribution in [0.15, 0.2) is 0 Å². The molecule has 0 fully saturated rings. The van der Waals surface area contributed by atoms with Crippen molar-refractivity contribution in [3.05, 3.63) is 0 Å². The van der Waals surface area contributed by atoms with Gasteiger partial charge in [0.2, 0.25) is 5.91 Å². The van der Waals surface area contributed by atoms with Crippen molar-refractivity contribution in [2.45, 2.75) is 32.2 Å². The molecule has 1 atom stereocenters. The lowest BCUT2D eigenvalue weighted by Gasteiger charge is -2.15. The average molecular weight is 188 g/mol. The van der Waals surface area contributed by atoms with Crippen molar-refractivity contribution in [1.29, 1.82) is 0 Å². The van der Waals surface area contributed by atoms with Crippen LogP contribution in [0.25, 0.3) is 0 Å². The molecule has 0 heterocycles. The van der Waals surface area contributed by atoms with Gasteiger partial charge in [-0.15, -0.1) is 0 Å². The number of rotatable bonds is 7. The van der Waals surface area contributed by atoms with Gasteiger partial charge in [-0.25, -0.2) is 0 Å². The molecule has 0 bridgehead atoms. The summed E-state index contributed by atoms with van der Waals surface area (Å²) in [5.74, 6) is 0.0642. The van der Waals surface area contributed by atoms with Gasteiger partial charge in [0, 0.05) is 20.1 Å². The third kappa shape index (κ3) is 6.54. The van der Waals surface area contributed by atoms with Crippen LogP contribution in [-0.2, 0) is 9.53 Å². The Hall–Kier alpha value is -0.610. The lowest BCUT2D eigenvalue weighted by molar-refractivity contribution is -0.122. The predicted octanol–water partition coefficient (Wildman–Crippen LogP) is 0.267. The Bertz CT molecular complexity index is 140. The number of unbranched alkanes of at least 4 members (excludes halogenated alkanes) is 1. The summed E-state index contributed by atoms with van der Waals surface area (Å²) in [6.45, 7) is 2.96. The number of hydrogen-bond donors (Lipinski definition) is 2. The van der Waals surface area contributed by atoms with Gasteiger partial charge in [-0.05, 0) is 6.42 Å². The van der Waals surface area contributed by atoms with Crippen LogP contribution in [0.5, 0.6) is 0 Å². The van der Waals surface area contributed by atoms with Crippen LogP contribution in [0, 0.1) is 0 Å². The van der Waals surface area contributed by atoms with Gasteiger partial charge in [-0.2, -0.15) is 0 Å². The molecule has 0 spiro atoms. The van der Waals surface area contributed by atoms with Gasteiger partial charge in [0.25, 0.3) is 0 Å². The first-order chi connectivity index (χ1) is 6.24. The fourth-order valence-electron chi connectivity index (χ4n) is 1.01. The monoisotopic (exact) mass is 188 g/mol. The summed E-state index contributed by atoms with van der Waals surface area (Å²) in [5.41, 5.74) is 5.44. The Kier molecular flexibility index (Phi) is 7.63. The van der Waals surface area contributed by atoms with Crippen molar-refractivity contribution < 1.29 is 9.53 Å². The van der Waals surface area contributed by atoms with Gasteiger partial charge in [-0.3, -0.25) is 4.79 Å². The number of nitrogens with one attached hydrogen (secondary N) is 1. The summed E-state index contributed by atoms with van der Waals surface area (Å²) >= 11 is 0. The molecule has 1 amide bonds. The standard InChI is InChI=1S/C9H20N2O2/c1-3-4-5-9(12)11-8(6-10)7-13-2/h8H,3-7,10H2,1-2H3,(H,11,12). The Morgan fingerprint density at radius 2 is 2.31 bits per heavy atom. The third-order valence-electron chi connectivity index (χ3n) is 1.77. The highest BCUT2D eigenvalue weighted by atomic mass is 16.5. The Labute approximate surface area is 79.8 Å². The lowest BCUT2D eigenvalue weighted by atomic mass is 10.2. The maximum Gasteiger partial charge on any atom is 0.220 e. The first-order valence-electron chi connectivity index (χ1n) is 4.73. The zero-order chi connectivity index (χ0) is 10.1. The van der Waals surface area contributed by atoms with Crippen molar-refractivity contribution in [1.82, 2.24) is 5.32 Å². The number of carbonyl (C=O) groups excluding carboxylic acids is 1. The molecule has 1 unspecified atom stereocenters. The van der Waals surface area contributed by atoms with Gasteiger partial charge in [-0.1, -0.05) is 13.3 Å². The van der Waals surface area contributed by atoms with E-state index in [1.165, 1.54) is 0 Å². The van der Waals surface area contributed by atoms with Gasteiger partial charge >= 0.3 is 0 Å². The predicted molar refractivity (Wildman–Crippen MR) is 52.4 cm³/mol. The highest BCUT2D eigenvalue weighted by Crippen LogP contribution is 1.94. The van der Waals surface area contributed by atoms with Gasteiger partial charge in [0.1, 0.15) is 0 Å². The molecule has 0 saturated carbocycles. The Morgan fingerprint density at radius 3 is 2.77 bits per heavy atom. The molecule has 0 aliphatic rings. The molecule has 0 aliphatic carbocycles. The van der Waals surface area contributed by atoms with Crippen LogP contribution in [0.1, 0.15) is 26.2 Å². The topological polar surface area (TPSA) is 64.4 Å². The first-order valence-corrected chi connectivity index (χ1v) is 4.73. The maximum atomic E-state index is 11.2. The van der Waals surface area contributed by atoms with Gasteiger partial charge < -0.3 is 15.8 Å². The largest absolute Gasteiger partial charge is 0.383 e. The molecule has 4 heteroatoms. The molecule has 78 valence electrons. The van der Waals surface area contributed by atoms with E-state index in [-0.39, 0.29) is 11.9 Å². The molecule has 0 aromatic heterocycles. The molecule has 0 saturated heterocycles. The summed E-state index contributed by atoms with van der Waals surface area (Å²) in [6, 6.07) is -0.0469. The van der Waals surface area contributed by atoms with E-state index in [2.05, 4.69) is 12.2 Å². The van der Waals surface area contributed by atoms with E-state index >= 15 is 0 Å². The number of amides is 1. The fraction of sp³-hybridized carbons (Fsp3) is 0.889. The van der Waals surface area contributed by atoms with Gasteiger partial charge in [0.05, 0.1) is 12.6 Å². The van der Waals surface area contributed by atoms with Crippen molar-refractivity contribution >= 4 is 5.91 Å². The van der Waals surface area contributed by atoms with E-state index in [1.54, 1.807) is 7.11 Å². The average Bonchev–Trinajstić information content (AvgIpc) is 2.14. The van der Waals surface area contributed by atoms with Crippen molar-refractivity contribution in [2.24, 2.45) is 5.73 Å². The summed E-state index contributed by atoms with van der Waals surface area (Å²) in [4.78, 5) is 11.2. The molecular formula is C9H20N2O2. The minimum absolute atomic E-state index is 0.0469. The Balaban J connectivity index is 3.60. The molecule has 0 rings (SSSR count). The second kappa shape index (κ2) is 8.01. The number of ether oxygens (including phenoxy) is 1. The van der Waals surface area contributed by atoms with Gasteiger partial charge in [0.15, 0.2) is 0 Å². The summed E-state index contributed by atoms with van der Waals surface area (Å²) in [5, 5.41) is 2.81. The zero-order valence-electron chi connectivity index (χ0n) is 8.51. The maximum absolute atomic E-state index is 11.2. The van der Waals surface area contributed by atoms with Crippen molar-refractivity contribution in [3.63, 3.8) is 0 Å². The fourth-order valence-corrected chi connectivity index (χ4v) is 1.01. The molecular weight excluding hydrogens is 168 g/mol. The number of carbonyl (C=O) groups is 1. The van der Waals surface area contributed by atoms with E-state index in [1.807, 2.05) is 0 Å². The van der Waals surface area contributed by atoms with Crippen LogP contribution < -0.4 is 11.1 Å². The van der Waals surface area contributed by atoms with Crippen molar-refractivity contribution in [2.75, 3.05) is 20.3 Å². The third-order valence-corrected chi connectivity index (χ3v) is 1.77. The molecule has 13 heavy (non-hydrogen) atoms. The van der Waals surface area contributed by atoms with Crippen LogP contribution >= 0.6 is 0 Å². The minimum atomic E-state index is -0.0469. The van der Waals surface area contributed by atoms with Crippen molar-refractivity contribution in [3.8, 4) is 0 Å². The molecule has 4 nitrogen and oxygen atoms in total. The minimum Gasteiger partial charge on any atom is -0.383 e. The smallest absolute Gasteiger partial charge is 0.220 e. The molecule has 0 radical (unpaired) electrons. The summed E-state index contributed by atoms with van der Waals surface area (Å²) in [6.07, 6.45) is 2.54. The number of nitrogens with two attached hydrogens (primary N) is 1. The van der Waals surface area contributed by atoms with Crippen LogP contribution in [0.2, 0.25) is 0 Å². The first kappa shape index (κ1) is 12.4. The summed E-state index contributed by atoms with van der Waals surface area (Å²) in [7, 11) is 1.60. The van der Waals surface area contributed by atoms with E-state index < -0.39 is 0 Å². The molecule has 0 aromatic rings. The quantitative estimate of drug-likeness (QED) is 0.602. The van der Waals surface area contributed by atoms with E-state index in [0.29, 0.717) is 19.6 Å². The number of methoxy groups -OCH3 is 1. The second-order valence-electron chi connectivity index (χ2n) is 3.06. The lowest BCUT2D eigenvalue weighted by Crippen LogP contribution is -2.43. The highest BCUT2D eigenvalue weighted by molar-refractivity contribution is 5.76. The summed E-state index contributed by atoms with van der Waals surface area (Å²) < 4.78 is 4.91. The molecule has 3 N–H and O–H groups in total. The zero-order valence-corrected chi connectivity index (χ0v) is 8.51. The molecule has 0 aromatic carbocycles. The van der Waals surface area contributed by atoms with E-state index in [4.69, 9.17) is 10.5 Å². The molecule has 0 aliphatic heterocycles. The highest BCUT2D eigenvalue weighted by Gasteiger charge is 2.08. The van der Waals surface area contributed by atoms with Crippen LogP contribution in [-0.4, -0.2) is 32.2 Å².